The van der Waals surface area contributed by atoms with Gasteiger partial charge in [-0.25, -0.2) is 0 Å². The van der Waals surface area contributed by atoms with Crippen LogP contribution in [0.3, 0.4) is 0 Å². The lowest BCUT2D eigenvalue weighted by Gasteiger charge is -2.26. The van der Waals surface area contributed by atoms with E-state index in [1.54, 1.807) is 6.92 Å². The van der Waals surface area contributed by atoms with Gasteiger partial charge in [-0.15, -0.1) is 0 Å². The van der Waals surface area contributed by atoms with Crippen LogP contribution in [0.15, 0.2) is 42.5 Å². The molecule has 1 fully saturated rings. The van der Waals surface area contributed by atoms with E-state index in [0.29, 0.717) is 6.54 Å². The maximum absolute atomic E-state index is 12.4. The zero-order chi connectivity index (χ0) is 19.9. The summed E-state index contributed by atoms with van der Waals surface area (Å²) in [5.41, 5.74) is 4.60. The maximum atomic E-state index is 12.4. The Morgan fingerprint density at radius 2 is 1.79 bits per heavy atom. The Labute approximate surface area is 167 Å². The number of ether oxygens (including phenoxy) is 2. The van der Waals surface area contributed by atoms with Crippen molar-refractivity contribution in [1.82, 2.24) is 10.2 Å². The molecule has 1 saturated heterocycles. The first-order valence-corrected chi connectivity index (χ1v) is 9.90. The molecule has 0 spiro atoms. The Morgan fingerprint density at radius 1 is 1.11 bits per heavy atom. The van der Waals surface area contributed by atoms with Crippen molar-refractivity contribution in [1.29, 1.82) is 0 Å². The lowest BCUT2D eigenvalue weighted by molar-refractivity contribution is -0.127. The predicted octanol–water partition coefficient (Wildman–Crippen LogP) is 3.22. The van der Waals surface area contributed by atoms with Crippen LogP contribution in [0.1, 0.15) is 29.2 Å². The molecule has 1 aliphatic heterocycles. The van der Waals surface area contributed by atoms with Crippen molar-refractivity contribution in [3.05, 3.63) is 64.7 Å². The zero-order valence-corrected chi connectivity index (χ0v) is 17.0. The molecule has 2 aromatic rings. The fourth-order valence-electron chi connectivity index (χ4n) is 3.45. The van der Waals surface area contributed by atoms with E-state index in [0.717, 1.165) is 55.3 Å². The number of rotatable bonds is 7. The summed E-state index contributed by atoms with van der Waals surface area (Å²) < 4.78 is 11.2. The number of nitrogens with zero attached hydrogens (tertiary/aromatic N) is 1. The van der Waals surface area contributed by atoms with Crippen molar-refractivity contribution in [2.75, 3.05) is 26.3 Å². The van der Waals surface area contributed by atoms with Crippen LogP contribution in [-0.2, 0) is 22.6 Å². The zero-order valence-electron chi connectivity index (χ0n) is 17.0. The van der Waals surface area contributed by atoms with Gasteiger partial charge in [0, 0.05) is 26.2 Å². The van der Waals surface area contributed by atoms with Crippen LogP contribution in [0.5, 0.6) is 5.75 Å². The number of hydrogen-bond donors (Lipinski definition) is 1. The van der Waals surface area contributed by atoms with Crippen LogP contribution in [-0.4, -0.2) is 43.2 Å². The molecule has 1 heterocycles. The highest BCUT2D eigenvalue weighted by molar-refractivity contribution is 5.80. The highest BCUT2D eigenvalue weighted by Gasteiger charge is 2.15. The molecule has 0 unspecified atom stereocenters. The molecule has 0 aromatic heterocycles. The number of carbonyl (C=O) groups is 1. The molecule has 1 amide bonds. The molecule has 28 heavy (non-hydrogen) atoms. The SMILES string of the molecule is Cc1cc(C)cc(O[C@@H](C)C(=O)NCc2cccc(CN3CCOCC3)c2)c1. The van der Waals surface area contributed by atoms with Crippen LogP contribution < -0.4 is 10.1 Å². The van der Waals surface area contributed by atoms with Gasteiger partial charge in [-0.05, 0) is 55.2 Å². The summed E-state index contributed by atoms with van der Waals surface area (Å²) >= 11 is 0. The third-order valence-electron chi connectivity index (χ3n) is 4.85. The number of hydrogen-bond acceptors (Lipinski definition) is 4. The molecule has 1 atom stereocenters. The van der Waals surface area contributed by atoms with Gasteiger partial charge in [0.15, 0.2) is 6.10 Å². The smallest absolute Gasteiger partial charge is 0.261 e. The van der Waals surface area contributed by atoms with Gasteiger partial charge in [-0.3, -0.25) is 9.69 Å². The van der Waals surface area contributed by atoms with Gasteiger partial charge in [-0.1, -0.05) is 30.3 Å². The predicted molar refractivity (Wildman–Crippen MR) is 110 cm³/mol. The minimum Gasteiger partial charge on any atom is -0.481 e. The van der Waals surface area contributed by atoms with Crippen LogP contribution in [0.25, 0.3) is 0 Å². The summed E-state index contributed by atoms with van der Waals surface area (Å²) in [6.45, 7) is 10.8. The number of benzene rings is 2. The summed E-state index contributed by atoms with van der Waals surface area (Å²) in [5.74, 6) is 0.616. The van der Waals surface area contributed by atoms with Crippen molar-refractivity contribution in [2.24, 2.45) is 0 Å². The second-order valence-electron chi connectivity index (χ2n) is 7.51. The molecule has 0 radical (unpaired) electrons. The molecular formula is C23H30N2O3. The molecule has 3 rings (SSSR count). The van der Waals surface area contributed by atoms with Crippen LogP contribution in [0, 0.1) is 13.8 Å². The Bertz CT molecular complexity index is 780. The second-order valence-corrected chi connectivity index (χ2v) is 7.51. The average Bonchev–Trinajstić information content (AvgIpc) is 2.66. The van der Waals surface area contributed by atoms with E-state index in [2.05, 4.69) is 28.4 Å². The van der Waals surface area contributed by atoms with E-state index in [-0.39, 0.29) is 5.91 Å². The number of nitrogens with one attached hydrogen (secondary N) is 1. The first kappa shape index (κ1) is 20.4. The molecule has 1 N–H and O–H groups in total. The molecule has 5 heteroatoms. The Kier molecular flexibility index (Phi) is 7.06. The van der Waals surface area contributed by atoms with Gasteiger partial charge >= 0.3 is 0 Å². The molecular weight excluding hydrogens is 352 g/mol. The molecule has 0 bridgehead atoms. The molecule has 2 aromatic carbocycles. The van der Waals surface area contributed by atoms with Gasteiger partial charge in [-0.2, -0.15) is 0 Å². The van der Waals surface area contributed by atoms with E-state index in [1.807, 2.05) is 38.1 Å². The third-order valence-corrected chi connectivity index (χ3v) is 4.85. The normalized spacial score (nSPS) is 15.8. The number of aryl methyl sites for hydroxylation is 2. The topological polar surface area (TPSA) is 50.8 Å². The third kappa shape index (κ3) is 6.08. The van der Waals surface area contributed by atoms with E-state index >= 15 is 0 Å². The van der Waals surface area contributed by atoms with E-state index < -0.39 is 6.10 Å². The Hall–Kier alpha value is -2.37. The fourth-order valence-corrected chi connectivity index (χ4v) is 3.45. The molecule has 5 nitrogen and oxygen atoms in total. The van der Waals surface area contributed by atoms with Gasteiger partial charge < -0.3 is 14.8 Å². The second kappa shape index (κ2) is 9.71. The molecule has 1 aliphatic rings. The summed E-state index contributed by atoms with van der Waals surface area (Å²) in [6, 6.07) is 14.4. The van der Waals surface area contributed by atoms with Crippen LogP contribution >= 0.6 is 0 Å². The minimum absolute atomic E-state index is 0.113. The Balaban J connectivity index is 1.51. The molecule has 0 aliphatic carbocycles. The lowest BCUT2D eigenvalue weighted by atomic mass is 10.1. The fraction of sp³-hybridized carbons (Fsp3) is 0.435. The van der Waals surface area contributed by atoms with Gasteiger partial charge in [0.2, 0.25) is 0 Å². The van der Waals surface area contributed by atoms with E-state index in [9.17, 15) is 4.79 Å². The first-order valence-electron chi connectivity index (χ1n) is 9.90. The highest BCUT2D eigenvalue weighted by Crippen LogP contribution is 2.17. The van der Waals surface area contributed by atoms with Gasteiger partial charge in [0.25, 0.3) is 5.91 Å². The van der Waals surface area contributed by atoms with Crippen molar-refractivity contribution < 1.29 is 14.3 Å². The largest absolute Gasteiger partial charge is 0.481 e. The van der Waals surface area contributed by atoms with Crippen molar-refractivity contribution in [3.63, 3.8) is 0 Å². The van der Waals surface area contributed by atoms with Crippen molar-refractivity contribution in [3.8, 4) is 5.75 Å². The van der Waals surface area contributed by atoms with E-state index in [1.165, 1.54) is 5.56 Å². The summed E-state index contributed by atoms with van der Waals surface area (Å²) in [6.07, 6.45) is -0.544. The summed E-state index contributed by atoms with van der Waals surface area (Å²) in [4.78, 5) is 14.8. The molecule has 0 saturated carbocycles. The average molecular weight is 383 g/mol. The highest BCUT2D eigenvalue weighted by atomic mass is 16.5. The first-order chi connectivity index (χ1) is 13.5. The molecule has 150 valence electrons. The quantitative estimate of drug-likeness (QED) is 0.799. The van der Waals surface area contributed by atoms with Gasteiger partial charge in [0.05, 0.1) is 13.2 Å². The summed E-state index contributed by atoms with van der Waals surface area (Å²) in [7, 11) is 0. The van der Waals surface area contributed by atoms with Gasteiger partial charge in [0.1, 0.15) is 5.75 Å². The number of amides is 1. The maximum Gasteiger partial charge on any atom is 0.261 e. The van der Waals surface area contributed by atoms with Crippen molar-refractivity contribution >= 4 is 5.91 Å². The number of morpholine rings is 1. The van der Waals surface area contributed by atoms with E-state index in [4.69, 9.17) is 9.47 Å². The lowest BCUT2D eigenvalue weighted by Crippen LogP contribution is -2.36. The standard InChI is InChI=1S/C23H30N2O3/c1-17-11-18(2)13-22(12-17)28-19(3)23(26)24-15-20-5-4-6-21(14-20)16-25-7-9-27-10-8-25/h4-6,11-14,19H,7-10,15-16H2,1-3H3,(H,24,26)/t19-/m0/s1. The van der Waals surface area contributed by atoms with Crippen LogP contribution in [0.4, 0.5) is 0 Å². The van der Waals surface area contributed by atoms with Crippen LogP contribution in [0.2, 0.25) is 0 Å². The minimum atomic E-state index is -0.544. The Morgan fingerprint density at radius 3 is 2.50 bits per heavy atom. The number of carbonyl (C=O) groups excluding carboxylic acids is 1. The monoisotopic (exact) mass is 382 g/mol. The summed E-state index contributed by atoms with van der Waals surface area (Å²) in [5, 5.41) is 2.98. The van der Waals surface area contributed by atoms with Crippen molar-refractivity contribution in [2.45, 2.75) is 40.0 Å².